The zero-order valence-electron chi connectivity index (χ0n) is 13.2. The highest BCUT2D eigenvalue weighted by molar-refractivity contribution is 4.89. The molecule has 2 fully saturated rings. The smallest absolute Gasteiger partial charge is 0.0702 e. The first-order valence-corrected chi connectivity index (χ1v) is 8.15. The van der Waals surface area contributed by atoms with Crippen LogP contribution in [0.2, 0.25) is 0 Å². The molecule has 19 heavy (non-hydrogen) atoms. The first-order valence-electron chi connectivity index (χ1n) is 8.15. The topological polar surface area (TPSA) is 24.5 Å². The lowest BCUT2D eigenvalue weighted by Gasteiger charge is -2.43. The number of rotatable bonds is 5. The van der Waals surface area contributed by atoms with Gasteiger partial charge in [-0.3, -0.25) is 4.90 Å². The Bertz CT molecular complexity index is 261. The van der Waals surface area contributed by atoms with E-state index in [-0.39, 0.29) is 0 Å². The van der Waals surface area contributed by atoms with Gasteiger partial charge >= 0.3 is 0 Å². The third-order valence-electron chi connectivity index (χ3n) is 4.53. The third kappa shape index (κ3) is 4.44. The van der Waals surface area contributed by atoms with Crippen molar-refractivity contribution in [3.63, 3.8) is 0 Å². The van der Waals surface area contributed by atoms with Crippen LogP contribution in [0.1, 0.15) is 47.0 Å². The Balaban J connectivity index is 1.91. The van der Waals surface area contributed by atoms with E-state index in [1.54, 1.807) is 0 Å². The summed E-state index contributed by atoms with van der Waals surface area (Å²) < 4.78 is 5.84. The maximum atomic E-state index is 5.84. The van der Waals surface area contributed by atoms with Gasteiger partial charge in [0.05, 0.1) is 6.10 Å². The van der Waals surface area contributed by atoms with Gasteiger partial charge in [-0.1, -0.05) is 27.7 Å². The maximum absolute atomic E-state index is 5.84. The molecule has 3 nitrogen and oxygen atoms in total. The molecule has 2 heterocycles. The summed E-state index contributed by atoms with van der Waals surface area (Å²) in [7, 11) is 0. The monoisotopic (exact) mass is 268 g/mol. The Labute approximate surface area is 119 Å². The van der Waals surface area contributed by atoms with E-state index >= 15 is 0 Å². The van der Waals surface area contributed by atoms with Crippen LogP contribution in [-0.2, 0) is 4.74 Å². The van der Waals surface area contributed by atoms with Gasteiger partial charge in [0.25, 0.3) is 0 Å². The summed E-state index contributed by atoms with van der Waals surface area (Å²) >= 11 is 0. The zero-order chi connectivity index (χ0) is 13.8. The molecular weight excluding hydrogens is 236 g/mol. The number of hydrogen-bond donors (Lipinski definition) is 1. The molecule has 1 N–H and O–H groups in total. The zero-order valence-corrected chi connectivity index (χ0v) is 13.2. The average Bonchev–Trinajstić information content (AvgIpc) is 2.80. The lowest BCUT2D eigenvalue weighted by Crippen LogP contribution is -2.59. The molecule has 0 saturated carbocycles. The Hall–Kier alpha value is -0.120. The lowest BCUT2D eigenvalue weighted by atomic mass is 9.94. The van der Waals surface area contributed by atoms with Gasteiger partial charge in [-0.15, -0.1) is 0 Å². The van der Waals surface area contributed by atoms with Crippen LogP contribution >= 0.6 is 0 Å². The van der Waals surface area contributed by atoms with Crippen molar-refractivity contribution in [3.8, 4) is 0 Å². The van der Waals surface area contributed by atoms with Crippen molar-refractivity contribution in [2.75, 3.05) is 26.2 Å². The van der Waals surface area contributed by atoms with E-state index < -0.39 is 0 Å². The molecule has 0 aromatic rings. The molecule has 2 aliphatic rings. The van der Waals surface area contributed by atoms with E-state index in [2.05, 4.69) is 37.9 Å². The van der Waals surface area contributed by atoms with E-state index in [0.29, 0.717) is 24.1 Å². The second kappa shape index (κ2) is 7.05. The van der Waals surface area contributed by atoms with Crippen molar-refractivity contribution in [1.82, 2.24) is 10.2 Å². The van der Waals surface area contributed by atoms with Gasteiger partial charge < -0.3 is 10.1 Å². The number of nitrogens with one attached hydrogen (secondary N) is 1. The van der Waals surface area contributed by atoms with E-state index in [9.17, 15) is 0 Å². The highest BCUT2D eigenvalue weighted by atomic mass is 16.5. The van der Waals surface area contributed by atoms with Crippen LogP contribution in [0.15, 0.2) is 0 Å². The average molecular weight is 268 g/mol. The standard InChI is InChI=1S/C16H32N2O/c1-12(2)8-14-10-18(11-15-6-5-7-19-15)16(9-17-14)13(3)4/h12-17H,5-11H2,1-4H3. The van der Waals surface area contributed by atoms with Crippen LogP contribution in [0.25, 0.3) is 0 Å². The Morgan fingerprint density at radius 2 is 2.05 bits per heavy atom. The molecule has 2 saturated heterocycles. The first-order chi connectivity index (χ1) is 9.06. The Kier molecular flexibility index (Phi) is 5.67. The van der Waals surface area contributed by atoms with Gasteiger partial charge in [0.1, 0.15) is 0 Å². The third-order valence-corrected chi connectivity index (χ3v) is 4.53. The number of ether oxygens (including phenoxy) is 1. The fourth-order valence-electron chi connectivity index (χ4n) is 3.54. The molecule has 0 aromatic carbocycles. The minimum Gasteiger partial charge on any atom is -0.377 e. The number of piperazine rings is 1. The molecule has 3 heteroatoms. The molecule has 3 atom stereocenters. The molecule has 2 rings (SSSR count). The summed E-state index contributed by atoms with van der Waals surface area (Å²) in [6.45, 7) is 13.8. The SMILES string of the molecule is CC(C)CC1CN(CC2CCCO2)C(C(C)C)CN1. The summed E-state index contributed by atoms with van der Waals surface area (Å²) in [5.74, 6) is 1.49. The summed E-state index contributed by atoms with van der Waals surface area (Å²) in [6, 6.07) is 1.34. The second-order valence-corrected chi connectivity index (χ2v) is 7.14. The van der Waals surface area contributed by atoms with Crippen molar-refractivity contribution >= 4 is 0 Å². The molecule has 112 valence electrons. The second-order valence-electron chi connectivity index (χ2n) is 7.14. The first kappa shape index (κ1) is 15.3. The van der Waals surface area contributed by atoms with Crippen molar-refractivity contribution in [1.29, 1.82) is 0 Å². The highest BCUT2D eigenvalue weighted by Gasteiger charge is 2.32. The minimum absolute atomic E-state index is 0.485. The van der Waals surface area contributed by atoms with Crippen LogP contribution in [0.4, 0.5) is 0 Å². The van der Waals surface area contributed by atoms with Crippen molar-refractivity contribution < 1.29 is 4.74 Å². The molecule has 2 aliphatic heterocycles. The van der Waals surface area contributed by atoms with Crippen LogP contribution in [-0.4, -0.2) is 49.3 Å². The van der Waals surface area contributed by atoms with E-state index in [1.165, 1.54) is 25.8 Å². The fourth-order valence-corrected chi connectivity index (χ4v) is 3.54. The number of hydrogen-bond acceptors (Lipinski definition) is 3. The Morgan fingerprint density at radius 1 is 1.26 bits per heavy atom. The summed E-state index contributed by atoms with van der Waals surface area (Å²) in [4.78, 5) is 2.70. The number of nitrogens with zero attached hydrogens (tertiary/aromatic N) is 1. The van der Waals surface area contributed by atoms with Crippen molar-refractivity contribution in [2.24, 2.45) is 11.8 Å². The van der Waals surface area contributed by atoms with Crippen molar-refractivity contribution in [2.45, 2.75) is 65.1 Å². The lowest BCUT2D eigenvalue weighted by molar-refractivity contribution is 0.0248. The van der Waals surface area contributed by atoms with E-state index in [0.717, 1.165) is 25.6 Å². The normalized spacial score (nSPS) is 33.5. The fraction of sp³-hybridized carbons (Fsp3) is 1.00. The molecule has 0 amide bonds. The van der Waals surface area contributed by atoms with Gasteiger partial charge in [-0.05, 0) is 31.1 Å². The molecular formula is C16H32N2O. The maximum Gasteiger partial charge on any atom is 0.0702 e. The molecule has 0 spiro atoms. The summed E-state index contributed by atoms with van der Waals surface area (Å²) in [5, 5.41) is 3.75. The van der Waals surface area contributed by atoms with Crippen molar-refractivity contribution in [3.05, 3.63) is 0 Å². The summed E-state index contributed by atoms with van der Waals surface area (Å²) in [5.41, 5.74) is 0. The highest BCUT2D eigenvalue weighted by Crippen LogP contribution is 2.21. The van der Waals surface area contributed by atoms with Gasteiger partial charge in [0.15, 0.2) is 0 Å². The van der Waals surface area contributed by atoms with E-state index in [4.69, 9.17) is 4.74 Å². The van der Waals surface area contributed by atoms with Crippen LogP contribution < -0.4 is 5.32 Å². The van der Waals surface area contributed by atoms with Crippen LogP contribution in [0.3, 0.4) is 0 Å². The molecule has 0 radical (unpaired) electrons. The minimum atomic E-state index is 0.485. The summed E-state index contributed by atoms with van der Waals surface area (Å²) in [6.07, 6.45) is 4.27. The predicted molar refractivity (Wildman–Crippen MR) is 80.4 cm³/mol. The Morgan fingerprint density at radius 3 is 2.63 bits per heavy atom. The molecule has 0 bridgehead atoms. The van der Waals surface area contributed by atoms with E-state index in [1.807, 2.05) is 0 Å². The quantitative estimate of drug-likeness (QED) is 0.829. The van der Waals surface area contributed by atoms with Gasteiger partial charge in [-0.25, -0.2) is 0 Å². The molecule has 0 aromatic heterocycles. The van der Waals surface area contributed by atoms with Gasteiger partial charge in [-0.2, -0.15) is 0 Å². The van der Waals surface area contributed by atoms with Crippen LogP contribution in [0, 0.1) is 11.8 Å². The van der Waals surface area contributed by atoms with Gasteiger partial charge in [0.2, 0.25) is 0 Å². The largest absolute Gasteiger partial charge is 0.377 e. The predicted octanol–water partition coefficient (Wildman–Crippen LogP) is 2.51. The van der Waals surface area contributed by atoms with Gasteiger partial charge in [0, 0.05) is 38.3 Å². The molecule has 0 aliphatic carbocycles. The molecule has 3 unspecified atom stereocenters. The van der Waals surface area contributed by atoms with Crippen LogP contribution in [0.5, 0.6) is 0 Å².